The summed E-state index contributed by atoms with van der Waals surface area (Å²) in [4.78, 5) is -1.01. The second kappa shape index (κ2) is 4.21. The minimum absolute atomic E-state index is 0.599. The van der Waals surface area contributed by atoms with E-state index in [0.717, 1.165) is 18.2 Å². The van der Waals surface area contributed by atoms with E-state index in [2.05, 4.69) is 0 Å². The Morgan fingerprint density at radius 1 is 1.19 bits per heavy atom. The first-order chi connectivity index (χ1) is 7.17. The van der Waals surface area contributed by atoms with Crippen molar-refractivity contribution in [1.82, 2.24) is 0 Å². The minimum Gasteiger partial charge on any atom is -0.207 e. The summed E-state index contributed by atoms with van der Waals surface area (Å²) in [5.74, 6) is -4.56. The molecule has 0 saturated heterocycles. The van der Waals surface area contributed by atoms with E-state index < -0.39 is 31.9 Å². The second-order valence-corrected chi connectivity index (χ2v) is 5.39. The zero-order chi connectivity index (χ0) is 12.6. The van der Waals surface area contributed by atoms with Gasteiger partial charge in [0.25, 0.3) is 9.05 Å². The maximum absolute atomic E-state index is 13.0. The minimum atomic E-state index is -4.56. The molecule has 0 aliphatic rings. The van der Waals surface area contributed by atoms with E-state index in [0.29, 0.717) is 6.07 Å². The van der Waals surface area contributed by atoms with Crippen LogP contribution in [0.4, 0.5) is 17.6 Å². The Bertz CT molecular complexity index is 487. The number of rotatable bonds is 3. The summed E-state index contributed by atoms with van der Waals surface area (Å²) in [6.45, 7) is 0. The van der Waals surface area contributed by atoms with Gasteiger partial charge in [0.2, 0.25) is 0 Å². The van der Waals surface area contributed by atoms with Crippen LogP contribution in [0.5, 0.6) is 0 Å². The number of hydrogen-bond acceptors (Lipinski definition) is 2. The molecule has 8 heteroatoms. The second-order valence-electron chi connectivity index (χ2n) is 2.86. The number of hydrogen-bond donors (Lipinski definition) is 0. The molecule has 0 bridgehead atoms. The Hall–Kier alpha value is -0.820. The van der Waals surface area contributed by atoms with E-state index in [4.69, 9.17) is 10.7 Å². The lowest BCUT2D eigenvalue weighted by Gasteiger charge is -2.17. The summed E-state index contributed by atoms with van der Waals surface area (Å²) in [6.07, 6.45) is -4.01. The summed E-state index contributed by atoms with van der Waals surface area (Å²) in [7, 11) is 0.377. The van der Waals surface area contributed by atoms with Crippen LogP contribution in [-0.4, -0.2) is 14.8 Å². The van der Waals surface area contributed by atoms with Crippen molar-refractivity contribution in [2.75, 3.05) is 0 Å². The highest BCUT2D eigenvalue weighted by Crippen LogP contribution is 2.38. The van der Waals surface area contributed by atoms with Gasteiger partial charge in [0.15, 0.2) is 0 Å². The molecule has 0 radical (unpaired) electrons. The molecule has 0 aromatic heterocycles. The van der Waals surface area contributed by atoms with Crippen molar-refractivity contribution in [3.05, 3.63) is 29.8 Å². The summed E-state index contributed by atoms with van der Waals surface area (Å²) < 4.78 is 72.0. The predicted octanol–water partition coefficient (Wildman–Crippen LogP) is 2.97. The average Bonchev–Trinajstić information content (AvgIpc) is 2.16. The predicted molar refractivity (Wildman–Crippen MR) is 49.4 cm³/mol. The van der Waals surface area contributed by atoms with Gasteiger partial charge >= 0.3 is 12.3 Å². The van der Waals surface area contributed by atoms with Crippen molar-refractivity contribution in [2.45, 2.75) is 17.2 Å². The molecule has 1 rings (SSSR count). The first-order valence-corrected chi connectivity index (χ1v) is 6.18. The van der Waals surface area contributed by atoms with Crippen molar-refractivity contribution in [2.24, 2.45) is 0 Å². The van der Waals surface area contributed by atoms with Gasteiger partial charge in [-0.3, -0.25) is 0 Å². The van der Waals surface area contributed by atoms with Crippen LogP contribution in [0.2, 0.25) is 0 Å². The van der Waals surface area contributed by atoms with E-state index in [1.54, 1.807) is 0 Å². The van der Waals surface area contributed by atoms with Gasteiger partial charge in [0, 0.05) is 16.2 Å². The van der Waals surface area contributed by atoms with Gasteiger partial charge < -0.3 is 0 Å². The lowest BCUT2D eigenvalue weighted by molar-refractivity contribution is -0.136. The van der Waals surface area contributed by atoms with Crippen molar-refractivity contribution >= 4 is 19.7 Å². The average molecular weight is 277 g/mol. The molecule has 0 saturated carbocycles. The summed E-state index contributed by atoms with van der Waals surface area (Å²) in [5, 5.41) is 0. The third-order valence-electron chi connectivity index (χ3n) is 1.78. The molecule has 1 aromatic rings. The van der Waals surface area contributed by atoms with Gasteiger partial charge in [-0.05, 0) is 6.07 Å². The molecule has 0 spiro atoms. The van der Waals surface area contributed by atoms with E-state index >= 15 is 0 Å². The monoisotopic (exact) mass is 276 g/mol. The van der Waals surface area contributed by atoms with Crippen LogP contribution in [-0.2, 0) is 15.0 Å². The van der Waals surface area contributed by atoms with E-state index in [9.17, 15) is 26.0 Å². The zero-order valence-corrected chi connectivity index (χ0v) is 9.07. The van der Waals surface area contributed by atoms with Crippen LogP contribution in [0.3, 0.4) is 0 Å². The van der Waals surface area contributed by atoms with Crippen molar-refractivity contribution in [3.8, 4) is 0 Å². The molecule has 16 heavy (non-hydrogen) atoms. The highest BCUT2D eigenvalue weighted by Gasteiger charge is 2.45. The maximum atomic E-state index is 13.0. The first kappa shape index (κ1) is 13.2. The fraction of sp³-hybridized carbons (Fsp3) is 0.250. The van der Waals surface area contributed by atoms with Crippen molar-refractivity contribution in [1.29, 1.82) is 0 Å². The first-order valence-electron chi connectivity index (χ1n) is 3.87. The maximum Gasteiger partial charge on any atom is 0.333 e. The molecular formula is C8H5ClF4O2S. The Morgan fingerprint density at radius 3 is 2.12 bits per heavy atom. The fourth-order valence-corrected chi connectivity index (χ4v) is 2.18. The topological polar surface area (TPSA) is 34.1 Å². The Balaban J connectivity index is 3.47. The van der Waals surface area contributed by atoms with Gasteiger partial charge in [0.05, 0.1) is 4.90 Å². The van der Waals surface area contributed by atoms with Crippen LogP contribution in [0.25, 0.3) is 0 Å². The van der Waals surface area contributed by atoms with Crippen LogP contribution in [0.1, 0.15) is 5.56 Å². The molecule has 0 aliphatic carbocycles. The molecule has 0 N–H and O–H groups in total. The Morgan fingerprint density at radius 2 is 1.69 bits per heavy atom. The van der Waals surface area contributed by atoms with Gasteiger partial charge in [0.1, 0.15) is 0 Å². The van der Waals surface area contributed by atoms with Crippen molar-refractivity contribution < 1.29 is 26.0 Å². The van der Waals surface area contributed by atoms with Crippen LogP contribution in [0.15, 0.2) is 29.2 Å². The number of halogens is 5. The third kappa shape index (κ3) is 2.46. The largest absolute Gasteiger partial charge is 0.333 e. The lowest BCUT2D eigenvalue weighted by atomic mass is 10.1. The van der Waals surface area contributed by atoms with Gasteiger partial charge in [-0.15, -0.1) is 0 Å². The molecule has 0 heterocycles. The number of alkyl halides is 4. The fourth-order valence-electron chi connectivity index (χ4n) is 1.07. The standard InChI is InChI=1S/C8H5ClF4O2S/c9-16(14,15)6-4-2-1-3-5(6)8(12,13)7(10)11/h1-4,7H. The molecule has 0 unspecified atom stereocenters. The van der Waals surface area contributed by atoms with E-state index in [1.165, 1.54) is 0 Å². The smallest absolute Gasteiger partial charge is 0.207 e. The summed E-state index contributed by atoms with van der Waals surface area (Å²) in [5.41, 5.74) is -1.31. The van der Waals surface area contributed by atoms with Crippen LogP contribution >= 0.6 is 10.7 Å². The molecule has 2 nitrogen and oxygen atoms in total. The van der Waals surface area contributed by atoms with Gasteiger partial charge in [-0.2, -0.15) is 8.78 Å². The highest BCUT2D eigenvalue weighted by atomic mass is 35.7. The summed E-state index contributed by atoms with van der Waals surface area (Å²) in [6, 6.07) is 3.48. The van der Waals surface area contributed by atoms with Gasteiger partial charge in [-0.25, -0.2) is 17.2 Å². The molecule has 0 aliphatic heterocycles. The van der Waals surface area contributed by atoms with Gasteiger partial charge in [-0.1, -0.05) is 18.2 Å². The zero-order valence-electron chi connectivity index (χ0n) is 7.50. The highest BCUT2D eigenvalue weighted by molar-refractivity contribution is 8.13. The SMILES string of the molecule is O=S(=O)(Cl)c1ccccc1C(F)(F)C(F)F. The van der Waals surface area contributed by atoms with Crippen LogP contribution < -0.4 is 0 Å². The molecule has 0 amide bonds. The molecule has 0 atom stereocenters. The quantitative estimate of drug-likeness (QED) is 0.628. The Kier molecular flexibility index (Phi) is 3.49. The van der Waals surface area contributed by atoms with Crippen LogP contribution in [0, 0.1) is 0 Å². The van der Waals surface area contributed by atoms with E-state index in [1.807, 2.05) is 0 Å². The normalized spacial score (nSPS) is 13.1. The van der Waals surface area contributed by atoms with Crippen molar-refractivity contribution in [3.63, 3.8) is 0 Å². The number of benzene rings is 1. The molecule has 90 valence electrons. The molecule has 0 fully saturated rings. The molecule has 1 aromatic carbocycles. The Labute approximate surface area is 93.3 Å². The lowest BCUT2D eigenvalue weighted by Crippen LogP contribution is -2.25. The third-order valence-corrected chi connectivity index (χ3v) is 3.16. The summed E-state index contributed by atoms with van der Waals surface area (Å²) >= 11 is 0. The molecular weight excluding hydrogens is 272 g/mol. The van der Waals surface area contributed by atoms with E-state index in [-0.39, 0.29) is 0 Å².